The van der Waals surface area contributed by atoms with Crippen molar-refractivity contribution in [2.24, 2.45) is 0 Å². The second kappa shape index (κ2) is 11.5. The molecule has 3 amide bonds. The van der Waals surface area contributed by atoms with Crippen LogP contribution < -0.4 is 10.1 Å². The Morgan fingerprint density at radius 2 is 1.60 bits per heavy atom. The highest BCUT2D eigenvalue weighted by molar-refractivity contribution is 6.36. The van der Waals surface area contributed by atoms with E-state index in [-0.39, 0.29) is 44.7 Å². The lowest BCUT2D eigenvalue weighted by Crippen LogP contribution is -2.48. The Balaban J connectivity index is 1.45. The number of hydrogen-bond donors (Lipinski definition) is 1. The zero-order valence-corrected chi connectivity index (χ0v) is 22.6. The minimum atomic E-state index is -1.19. The molecular formula is C30H22Cl2FN3O4. The van der Waals surface area contributed by atoms with Crippen LogP contribution in [0, 0.1) is 5.82 Å². The van der Waals surface area contributed by atoms with Crippen LogP contribution in [0.25, 0.3) is 0 Å². The number of ether oxygens (including phenoxy) is 1. The summed E-state index contributed by atoms with van der Waals surface area (Å²) < 4.78 is 20.1. The van der Waals surface area contributed by atoms with E-state index in [1.165, 1.54) is 12.3 Å². The molecule has 5 rings (SSSR count). The molecule has 10 heteroatoms. The van der Waals surface area contributed by atoms with E-state index < -0.39 is 35.7 Å². The van der Waals surface area contributed by atoms with Gasteiger partial charge in [-0.05, 0) is 48.9 Å². The molecule has 3 aromatic carbocycles. The van der Waals surface area contributed by atoms with E-state index in [0.29, 0.717) is 0 Å². The number of amides is 3. The maximum atomic E-state index is 14.1. The lowest BCUT2D eigenvalue weighted by Gasteiger charge is -2.26. The van der Waals surface area contributed by atoms with Crippen LogP contribution in [-0.4, -0.2) is 33.6 Å². The number of fused-ring (bicyclic) bond motifs is 1. The Kier molecular flexibility index (Phi) is 7.82. The Hall–Kier alpha value is -4.27. The van der Waals surface area contributed by atoms with Crippen molar-refractivity contribution in [3.05, 3.63) is 123 Å². The van der Waals surface area contributed by atoms with Gasteiger partial charge in [0.1, 0.15) is 18.0 Å². The molecule has 0 radical (unpaired) electrons. The summed E-state index contributed by atoms with van der Waals surface area (Å²) in [5.74, 6) is -2.22. The molecule has 0 bridgehead atoms. The molecule has 0 saturated heterocycles. The first kappa shape index (κ1) is 27.3. The van der Waals surface area contributed by atoms with Crippen molar-refractivity contribution in [2.75, 3.05) is 5.32 Å². The number of benzene rings is 3. The number of nitrogens with one attached hydrogen (secondary N) is 1. The lowest BCUT2D eigenvalue weighted by atomic mass is 10.0. The number of carbonyl (C=O) groups is 3. The first-order chi connectivity index (χ1) is 19.3. The monoisotopic (exact) mass is 577 g/mol. The summed E-state index contributed by atoms with van der Waals surface area (Å²) in [6.07, 6.45) is 0.710. The van der Waals surface area contributed by atoms with Gasteiger partial charge >= 0.3 is 0 Å². The van der Waals surface area contributed by atoms with Gasteiger partial charge in [0.15, 0.2) is 11.6 Å². The number of nitrogens with zero attached hydrogens (tertiary/aromatic N) is 2. The van der Waals surface area contributed by atoms with E-state index in [0.717, 1.165) is 16.5 Å². The smallest absolute Gasteiger partial charge is 0.262 e. The summed E-state index contributed by atoms with van der Waals surface area (Å²) in [5, 5.41) is 2.74. The highest BCUT2D eigenvalue weighted by atomic mass is 35.5. The van der Waals surface area contributed by atoms with Gasteiger partial charge in [-0.25, -0.2) is 9.37 Å². The molecular weight excluding hydrogens is 556 g/mol. The van der Waals surface area contributed by atoms with Gasteiger partial charge in [-0.15, -0.1) is 0 Å². The fourth-order valence-corrected chi connectivity index (χ4v) is 5.25. The normalized spacial score (nSPS) is 14.1. The van der Waals surface area contributed by atoms with Crippen molar-refractivity contribution in [3.63, 3.8) is 0 Å². The third-order valence-corrected chi connectivity index (χ3v) is 7.23. The first-order valence-electron chi connectivity index (χ1n) is 12.3. The fourth-order valence-electron chi connectivity index (χ4n) is 4.57. The van der Waals surface area contributed by atoms with Crippen LogP contribution >= 0.6 is 23.2 Å². The van der Waals surface area contributed by atoms with Crippen molar-refractivity contribution >= 4 is 46.7 Å². The van der Waals surface area contributed by atoms with Crippen LogP contribution in [0.3, 0.4) is 0 Å². The lowest BCUT2D eigenvalue weighted by molar-refractivity contribution is -0.120. The van der Waals surface area contributed by atoms with E-state index in [9.17, 15) is 18.8 Å². The van der Waals surface area contributed by atoms with Gasteiger partial charge in [0, 0.05) is 23.2 Å². The minimum absolute atomic E-state index is 0.0395. The molecule has 0 aliphatic carbocycles. The van der Waals surface area contributed by atoms with E-state index in [1.807, 2.05) is 18.2 Å². The second-order valence-corrected chi connectivity index (χ2v) is 9.87. The molecule has 0 saturated carbocycles. The van der Waals surface area contributed by atoms with E-state index in [2.05, 4.69) is 10.3 Å². The minimum Gasteiger partial charge on any atom is -0.482 e. The van der Waals surface area contributed by atoms with Crippen LogP contribution in [0.2, 0.25) is 10.0 Å². The van der Waals surface area contributed by atoms with Crippen molar-refractivity contribution in [3.8, 4) is 5.75 Å². The predicted molar refractivity (Wildman–Crippen MR) is 149 cm³/mol. The summed E-state index contributed by atoms with van der Waals surface area (Å²) >= 11 is 12.4. The van der Waals surface area contributed by atoms with Crippen LogP contribution in [0.15, 0.2) is 85.1 Å². The molecule has 40 heavy (non-hydrogen) atoms. The number of imide groups is 1. The number of rotatable bonds is 8. The third-order valence-electron chi connectivity index (χ3n) is 6.51. The topological polar surface area (TPSA) is 88.6 Å². The highest BCUT2D eigenvalue weighted by Crippen LogP contribution is 2.36. The summed E-state index contributed by atoms with van der Waals surface area (Å²) in [6.45, 7) is 1.63. The molecule has 202 valence electrons. The average molecular weight is 578 g/mol. The Morgan fingerprint density at radius 3 is 2.27 bits per heavy atom. The molecule has 4 aromatic rings. The molecule has 1 aliphatic heterocycles. The summed E-state index contributed by atoms with van der Waals surface area (Å²) in [7, 11) is 0. The number of hydrogen-bond acceptors (Lipinski definition) is 5. The van der Waals surface area contributed by atoms with Crippen LogP contribution in [-0.2, 0) is 11.2 Å². The van der Waals surface area contributed by atoms with Crippen molar-refractivity contribution in [1.29, 1.82) is 0 Å². The number of carbonyl (C=O) groups excluding carboxylic acids is 3. The fraction of sp³-hybridized carbons (Fsp3) is 0.133. The van der Waals surface area contributed by atoms with E-state index >= 15 is 0 Å². The Bertz CT molecular complexity index is 1580. The zero-order valence-electron chi connectivity index (χ0n) is 21.1. The third kappa shape index (κ3) is 5.28. The van der Waals surface area contributed by atoms with Crippen LogP contribution in [0.1, 0.15) is 44.9 Å². The molecule has 2 atom stereocenters. The van der Waals surface area contributed by atoms with Gasteiger partial charge in [-0.2, -0.15) is 0 Å². The maximum absolute atomic E-state index is 14.1. The number of pyridine rings is 1. The van der Waals surface area contributed by atoms with E-state index in [4.69, 9.17) is 27.9 Å². The summed E-state index contributed by atoms with van der Waals surface area (Å²) in [6, 6.07) is 20.0. The van der Waals surface area contributed by atoms with E-state index in [1.54, 1.807) is 55.5 Å². The first-order valence-corrected chi connectivity index (χ1v) is 13.1. The van der Waals surface area contributed by atoms with Gasteiger partial charge in [-0.1, -0.05) is 65.7 Å². The van der Waals surface area contributed by atoms with Crippen molar-refractivity contribution in [2.45, 2.75) is 25.5 Å². The Labute approximate surface area is 239 Å². The van der Waals surface area contributed by atoms with Gasteiger partial charge in [0.2, 0.25) is 5.91 Å². The number of anilines is 1. The van der Waals surface area contributed by atoms with Gasteiger partial charge < -0.3 is 10.1 Å². The average Bonchev–Trinajstić information content (AvgIpc) is 3.20. The maximum Gasteiger partial charge on any atom is 0.262 e. The largest absolute Gasteiger partial charge is 0.482 e. The molecule has 1 N–H and O–H groups in total. The molecule has 7 nitrogen and oxygen atoms in total. The molecule has 0 spiro atoms. The summed E-state index contributed by atoms with van der Waals surface area (Å²) in [4.78, 5) is 45.5. The molecule has 0 unspecified atom stereocenters. The second-order valence-electron chi connectivity index (χ2n) is 9.09. The van der Waals surface area contributed by atoms with Crippen molar-refractivity contribution in [1.82, 2.24) is 9.88 Å². The van der Waals surface area contributed by atoms with Crippen LogP contribution in [0.4, 0.5) is 10.2 Å². The number of halogens is 3. The van der Waals surface area contributed by atoms with Gasteiger partial charge in [0.25, 0.3) is 11.8 Å². The van der Waals surface area contributed by atoms with Crippen molar-refractivity contribution < 1.29 is 23.5 Å². The molecule has 0 fully saturated rings. The quantitative estimate of drug-likeness (QED) is 0.190. The molecule has 1 aliphatic rings. The number of aromatic nitrogens is 1. The predicted octanol–water partition coefficient (Wildman–Crippen LogP) is 6.51. The zero-order chi connectivity index (χ0) is 28.4. The molecule has 1 aromatic heterocycles. The standard InChI is InChI=1S/C30H22Cl2FN3O4/c1-17(25-21(31)13-14-22(33)26(25)32)40-24-12-7-15-34-27(24)35-28(37)23(16-18-8-3-2-4-9-18)36-29(38)19-10-5-6-11-20(19)30(36)39/h2-15,17,23H,16H2,1H3,(H,34,35,37)/t17-,23+/m1/s1. The van der Waals surface area contributed by atoms with Gasteiger partial charge in [-0.3, -0.25) is 19.3 Å². The Morgan fingerprint density at radius 1 is 0.950 bits per heavy atom. The van der Waals surface area contributed by atoms with Gasteiger partial charge in [0.05, 0.1) is 16.1 Å². The molecule has 2 heterocycles. The highest BCUT2D eigenvalue weighted by Gasteiger charge is 2.43. The van der Waals surface area contributed by atoms with Crippen LogP contribution in [0.5, 0.6) is 5.75 Å². The SMILES string of the molecule is C[C@@H](Oc1cccnc1NC(=O)[C@H](Cc1ccccc1)N1C(=O)c2ccccc2C1=O)c1c(Cl)ccc(F)c1Cl. The summed E-state index contributed by atoms with van der Waals surface area (Å²) in [5.41, 5.74) is 1.45.